The molecule has 0 aliphatic carbocycles. The van der Waals surface area contributed by atoms with E-state index in [9.17, 15) is 0 Å². The molecule has 1 unspecified atom stereocenters. The summed E-state index contributed by atoms with van der Waals surface area (Å²) in [7, 11) is 3.30. The number of nitrogens with two attached hydrogens (primary N) is 1. The highest BCUT2D eigenvalue weighted by atomic mass is 16.5. The summed E-state index contributed by atoms with van der Waals surface area (Å²) in [6, 6.07) is -0.0738. The van der Waals surface area contributed by atoms with E-state index in [1.54, 1.807) is 14.2 Å². The number of oxime groups is 1. The largest absolute Gasteiger partial charge is 0.409 e. The predicted octanol–water partition coefficient (Wildman–Crippen LogP) is 0.106. The van der Waals surface area contributed by atoms with Crippen LogP contribution in [0.1, 0.15) is 13.3 Å². The molecule has 96 valence electrons. The molecule has 0 bridgehead atoms. The highest BCUT2D eigenvalue weighted by Crippen LogP contribution is 2.04. The van der Waals surface area contributed by atoms with Crippen molar-refractivity contribution in [1.82, 2.24) is 4.90 Å². The average Bonchev–Trinajstić information content (AvgIpc) is 2.32. The topological polar surface area (TPSA) is 80.3 Å². The molecule has 0 aliphatic rings. The minimum absolute atomic E-state index is 0.0738. The van der Waals surface area contributed by atoms with Crippen molar-refractivity contribution >= 4 is 5.84 Å². The summed E-state index contributed by atoms with van der Waals surface area (Å²) in [4.78, 5) is 2.09. The molecule has 0 fully saturated rings. The van der Waals surface area contributed by atoms with Crippen molar-refractivity contribution in [3.05, 3.63) is 0 Å². The zero-order valence-corrected chi connectivity index (χ0v) is 10.3. The highest BCUT2D eigenvalue weighted by molar-refractivity contribution is 5.85. The van der Waals surface area contributed by atoms with Crippen molar-refractivity contribution in [3.8, 4) is 0 Å². The molecule has 0 radical (unpaired) electrons. The Labute approximate surface area is 97.0 Å². The van der Waals surface area contributed by atoms with Gasteiger partial charge in [-0.15, -0.1) is 0 Å². The smallest absolute Gasteiger partial charge is 0.156 e. The standard InChI is InChI=1S/C10H23N3O3/c1-4-9(10(11)12-14)13(5-7-15-2)6-8-16-3/h9,14H,4-8H2,1-3H3,(H2,11,12). The fourth-order valence-corrected chi connectivity index (χ4v) is 1.56. The van der Waals surface area contributed by atoms with Crippen LogP contribution in [0.2, 0.25) is 0 Å². The Bertz CT molecular complexity index is 192. The van der Waals surface area contributed by atoms with Crippen molar-refractivity contribution in [2.75, 3.05) is 40.5 Å². The summed E-state index contributed by atoms with van der Waals surface area (Å²) >= 11 is 0. The Hall–Kier alpha value is -0.850. The maximum Gasteiger partial charge on any atom is 0.156 e. The number of ether oxygens (including phenoxy) is 2. The Morgan fingerprint density at radius 1 is 1.31 bits per heavy atom. The number of nitrogens with zero attached hydrogens (tertiary/aromatic N) is 2. The third-order valence-electron chi connectivity index (χ3n) is 2.45. The normalized spacial score (nSPS) is 14.4. The number of hydrogen-bond acceptors (Lipinski definition) is 5. The van der Waals surface area contributed by atoms with Crippen LogP contribution in [0.25, 0.3) is 0 Å². The molecule has 0 spiro atoms. The average molecular weight is 233 g/mol. The van der Waals surface area contributed by atoms with Crippen molar-refractivity contribution in [1.29, 1.82) is 0 Å². The molecule has 0 amide bonds. The van der Waals surface area contributed by atoms with Gasteiger partial charge in [0.05, 0.1) is 19.3 Å². The van der Waals surface area contributed by atoms with E-state index in [4.69, 9.17) is 20.4 Å². The van der Waals surface area contributed by atoms with Gasteiger partial charge in [0, 0.05) is 27.3 Å². The van der Waals surface area contributed by atoms with Crippen molar-refractivity contribution in [2.24, 2.45) is 10.9 Å². The van der Waals surface area contributed by atoms with Gasteiger partial charge in [0.2, 0.25) is 0 Å². The lowest BCUT2D eigenvalue weighted by atomic mass is 10.1. The van der Waals surface area contributed by atoms with Gasteiger partial charge in [0.15, 0.2) is 5.84 Å². The monoisotopic (exact) mass is 233 g/mol. The second-order valence-corrected chi connectivity index (χ2v) is 3.47. The molecule has 0 saturated carbocycles. The van der Waals surface area contributed by atoms with Crippen LogP contribution in [0.4, 0.5) is 0 Å². The molecule has 6 nitrogen and oxygen atoms in total. The summed E-state index contributed by atoms with van der Waals surface area (Å²) in [5.74, 6) is 0.231. The highest BCUT2D eigenvalue weighted by Gasteiger charge is 2.20. The Kier molecular flexibility index (Phi) is 8.88. The zero-order chi connectivity index (χ0) is 12.4. The van der Waals surface area contributed by atoms with Crippen LogP contribution >= 0.6 is 0 Å². The van der Waals surface area contributed by atoms with E-state index in [0.717, 1.165) is 19.5 Å². The lowest BCUT2D eigenvalue weighted by Crippen LogP contribution is -2.47. The van der Waals surface area contributed by atoms with Crippen LogP contribution in [-0.2, 0) is 9.47 Å². The Balaban J connectivity index is 4.41. The summed E-state index contributed by atoms with van der Waals surface area (Å²) in [6.45, 7) is 4.68. The maximum atomic E-state index is 8.71. The first kappa shape index (κ1) is 15.2. The van der Waals surface area contributed by atoms with Crippen molar-refractivity contribution in [3.63, 3.8) is 0 Å². The lowest BCUT2D eigenvalue weighted by molar-refractivity contribution is 0.101. The fraction of sp³-hybridized carbons (Fsp3) is 0.900. The molecular formula is C10H23N3O3. The van der Waals surface area contributed by atoms with E-state index in [-0.39, 0.29) is 11.9 Å². The molecule has 0 saturated heterocycles. The van der Waals surface area contributed by atoms with Gasteiger partial charge in [-0.3, -0.25) is 4.90 Å². The SMILES string of the molecule is CCC(C(N)=NO)N(CCOC)CCOC. The van der Waals surface area contributed by atoms with Crippen molar-refractivity contribution in [2.45, 2.75) is 19.4 Å². The van der Waals surface area contributed by atoms with E-state index in [1.807, 2.05) is 6.92 Å². The molecule has 3 N–H and O–H groups in total. The first-order chi connectivity index (χ1) is 7.71. The molecule has 0 heterocycles. The summed E-state index contributed by atoms with van der Waals surface area (Å²) in [5, 5.41) is 11.8. The number of methoxy groups -OCH3 is 2. The van der Waals surface area contributed by atoms with Crippen LogP contribution < -0.4 is 5.73 Å². The first-order valence-electron chi connectivity index (χ1n) is 5.40. The number of rotatable bonds is 9. The number of hydrogen-bond donors (Lipinski definition) is 2. The van der Waals surface area contributed by atoms with Crippen LogP contribution in [0.15, 0.2) is 5.16 Å². The van der Waals surface area contributed by atoms with Gasteiger partial charge in [-0.1, -0.05) is 12.1 Å². The molecule has 0 aliphatic heterocycles. The minimum Gasteiger partial charge on any atom is -0.409 e. The molecular weight excluding hydrogens is 210 g/mol. The molecule has 0 aromatic rings. The molecule has 0 aromatic carbocycles. The van der Waals surface area contributed by atoms with Gasteiger partial charge in [-0.05, 0) is 6.42 Å². The van der Waals surface area contributed by atoms with Crippen LogP contribution in [0.5, 0.6) is 0 Å². The van der Waals surface area contributed by atoms with Gasteiger partial charge >= 0.3 is 0 Å². The van der Waals surface area contributed by atoms with E-state index >= 15 is 0 Å². The zero-order valence-electron chi connectivity index (χ0n) is 10.3. The Morgan fingerprint density at radius 3 is 2.12 bits per heavy atom. The second kappa shape index (κ2) is 9.38. The quantitative estimate of drug-likeness (QED) is 0.256. The lowest BCUT2D eigenvalue weighted by Gasteiger charge is -2.29. The summed E-state index contributed by atoms with van der Waals surface area (Å²) in [6.07, 6.45) is 0.781. The third-order valence-corrected chi connectivity index (χ3v) is 2.45. The summed E-state index contributed by atoms with van der Waals surface area (Å²) in [5.41, 5.74) is 5.65. The second-order valence-electron chi connectivity index (χ2n) is 3.47. The van der Waals surface area contributed by atoms with E-state index in [0.29, 0.717) is 13.2 Å². The minimum atomic E-state index is -0.0738. The van der Waals surface area contributed by atoms with Gasteiger partial charge in [0.25, 0.3) is 0 Å². The van der Waals surface area contributed by atoms with Gasteiger partial charge in [-0.2, -0.15) is 0 Å². The molecule has 6 heteroatoms. The molecule has 0 rings (SSSR count). The van der Waals surface area contributed by atoms with Crippen molar-refractivity contribution < 1.29 is 14.7 Å². The summed E-state index contributed by atoms with van der Waals surface area (Å²) < 4.78 is 10.1. The van der Waals surface area contributed by atoms with Crippen LogP contribution in [-0.4, -0.2) is 62.5 Å². The Morgan fingerprint density at radius 2 is 1.81 bits per heavy atom. The predicted molar refractivity (Wildman–Crippen MR) is 62.8 cm³/mol. The maximum absolute atomic E-state index is 8.71. The van der Waals surface area contributed by atoms with Crippen LogP contribution in [0, 0.1) is 0 Å². The molecule has 16 heavy (non-hydrogen) atoms. The van der Waals surface area contributed by atoms with Gasteiger partial charge < -0.3 is 20.4 Å². The van der Waals surface area contributed by atoms with E-state index < -0.39 is 0 Å². The van der Waals surface area contributed by atoms with E-state index in [1.165, 1.54) is 0 Å². The number of amidine groups is 1. The molecule has 0 aromatic heterocycles. The van der Waals surface area contributed by atoms with Gasteiger partial charge in [-0.25, -0.2) is 0 Å². The van der Waals surface area contributed by atoms with Gasteiger partial charge in [0.1, 0.15) is 0 Å². The first-order valence-corrected chi connectivity index (χ1v) is 5.40. The third kappa shape index (κ3) is 5.29. The molecule has 1 atom stereocenters. The van der Waals surface area contributed by atoms with Crippen LogP contribution in [0.3, 0.4) is 0 Å². The fourth-order valence-electron chi connectivity index (χ4n) is 1.56. The van der Waals surface area contributed by atoms with E-state index in [2.05, 4.69) is 10.1 Å².